The number of ether oxygens (including phenoxy) is 6. The summed E-state index contributed by atoms with van der Waals surface area (Å²) in [6, 6.07) is 6.81. The second kappa shape index (κ2) is 10.9. The van der Waals surface area contributed by atoms with Crippen molar-refractivity contribution in [3.63, 3.8) is 0 Å². The van der Waals surface area contributed by atoms with Crippen LogP contribution in [-0.2, 0) is 4.74 Å². The summed E-state index contributed by atoms with van der Waals surface area (Å²) < 4.78 is 34.4. The molecule has 0 amide bonds. The third kappa shape index (κ3) is 4.47. The van der Waals surface area contributed by atoms with Crippen LogP contribution < -0.4 is 34.3 Å². The van der Waals surface area contributed by atoms with Crippen LogP contribution in [0, 0.1) is 0 Å². The van der Waals surface area contributed by atoms with Gasteiger partial charge in [-0.25, -0.2) is 9.47 Å². The number of fused-ring (bicyclic) bond motifs is 1. The largest absolute Gasteiger partial charge is 0.493 e. The van der Waals surface area contributed by atoms with Crippen molar-refractivity contribution in [2.24, 2.45) is 0 Å². The molecule has 1 saturated heterocycles. The number of aromatic nitrogens is 1. The van der Waals surface area contributed by atoms with Crippen LogP contribution in [0.4, 0.5) is 0 Å². The Kier molecular flexibility index (Phi) is 7.66. The standard InChI is InChI=1S/C27H32N2O8/c1-32-19-14-17-18(15-20(19)33-2)26(30)29(28-10-8-7-9-11-28)24(27(31)37-6)23(17)16-12-21(34-3)25(36-5)22(13-16)35-4/h12-15H,7-11H2,1-6H3. The molecule has 0 atom stereocenters. The van der Waals surface area contributed by atoms with E-state index < -0.39 is 5.97 Å². The summed E-state index contributed by atoms with van der Waals surface area (Å²) in [6.45, 7) is 1.24. The summed E-state index contributed by atoms with van der Waals surface area (Å²) in [5.41, 5.74) is 0.781. The number of carbonyl (C=O) groups excluding carboxylic acids is 1. The number of pyridine rings is 1. The molecule has 0 saturated carbocycles. The molecule has 1 fully saturated rings. The van der Waals surface area contributed by atoms with Crippen LogP contribution in [0.2, 0.25) is 0 Å². The van der Waals surface area contributed by atoms with Crippen molar-refractivity contribution >= 4 is 16.7 Å². The van der Waals surface area contributed by atoms with Crippen molar-refractivity contribution in [3.05, 3.63) is 40.3 Å². The Morgan fingerprint density at radius 2 is 1.24 bits per heavy atom. The normalized spacial score (nSPS) is 13.3. The summed E-state index contributed by atoms with van der Waals surface area (Å²) in [7, 11) is 8.87. The number of carbonyl (C=O) groups is 1. The molecule has 3 aromatic rings. The van der Waals surface area contributed by atoms with Gasteiger partial charge in [-0.3, -0.25) is 4.79 Å². The molecule has 1 aromatic heterocycles. The highest BCUT2D eigenvalue weighted by molar-refractivity contribution is 6.08. The molecule has 0 aliphatic carbocycles. The van der Waals surface area contributed by atoms with Crippen molar-refractivity contribution in [2.45, 2.75) is 19.3 Å². The Morgan fingerprint density at radius 1 is 0.703 bits per heavy atom. The maximum atomic E-state index is 14.0. The average molecular weight is 513 g/mol. The lowest BCUT2D eigenvalue weighted by atomic mass is 9.95. The maximum Gasteiger partial charge on any atom is 0.357 e. The van der Waals surface area contributed by atoms with Gasteiger partial charge in [-0.15, -0.1) is 0 Å². The molecule has 0 radical (unpaired) electrons. The third-order valence-corrected chi connectivity index (χ3v) is 6.61. The lowest BCUT2D eigenvalue weighted by molar-refractivity contribution is 0.0587. The SMILES string of the molecule is COC(=O)c1c(-c2cc(OC)c(OC)c(OC)c2)c2cc(OC)c(OC)cc2c(=O)n1N1CCCCC1. The summed E-state index contributed by atoms with van der Waals surface area (Å²) >= 11 is 0. The van der Waals surface area contributed by atoms with Crippen LogP contribution in [0.3, 0.4) is 0 Å². The van der Waals surface area contributed by atoms with Crippen molar-refractivity contribution in [1.82, 2.24) is 4.68 Å². The van der Waals surface area contributed by atoms with E-state index in [1.165, 1.54) is 47.3 Å². The van der Waals surface area contributed by atoms with E-state index in [2.05, 4.69) is 0 Å². The van der Waals surface area contributed by atoms with Gasteiger partial charge in [-0.1, -0.05) is 0 Å². The molecule has 10 heteroatoms. The Bertz CT molecular complexity index is 1350. The molecular weight excluding hydrogens is 480 g/mol. The predicted octanol–water partition coefficient (Wildman–Crippen LogP) is 3.62. The van der Waals surface area contributed by atoms with E-state index >= 15 is 0 Å². The van der Waals surface area contributed by atoms with Crippen molar-refractivity contribution < 1.29 is 33.2 Å². The van der Waals surface area contributed by atoms with Crippen molar-refractivity contribution in [1.29, 1.82) is 0 Å². The Labute approximate surface area is 215 Å². The molecule has 2 heterocycles. The molecule has 0 spiro atoms. The second-order valence-electron chi connectivity index (χ2n) is 8.51. The second-order valence-corrected chi connectivity index (χ2v) is 8.51. The molecular formula is C27H32N2O8. The van der Waals surface area contributed by atoms with Crippen LogP contribution >= 0.6 is 0 Å². The highest BCUT2D eigenvalue weighted by Gasteiger charge is 2.30. The van der Waals surface area contributed by atoms with Gasteiger partial charge in [-0.05, 0) is 49.1 Å². The fourth-order valence-electron chi connectivity index (χ4n) is 4.86. The number of rotatable bonds is 8. The van der Waals surface area contributed by atoms with Gasteiger partial charge in [0, 0.05) is 24.0 Å². The van der Waals surface area contributed by atoms with E-state index in [1.54, 1.807) is 24.3 Å². The number of methoxy groups -OCH3 is 6. The quantitative estimate of drug-likeness (QED) is 0.419. The molecule has 0 unspecified atom stereocenters. The number of nitrogens with zero attached hydrogens (tertiary/aromatic N) is 2. The minimum absolute atomic E-state index is 0.100. The topological polar surface area (TPSA) is 97.7 Å². The molecule has 4 rings (SSSR count). The Balaban J connectivity index is 2.23. The number of piperidine rings is 1. The first-order valence-corrected chi connectivity index (χ1v) is 11.9. The van der Waals surface area contributed by atoms with E-state index in [-0.39, 0.29) is 11.3 Å². The van der Waals surface area contributed by atoms with E-state index in [1.807, 2.05) is 5.01 Å². The lowest BCUT2D eigenvalue weighted by Crippen LogP contribution is -2.48. The average Bonchev–Trinajstić information content (AvgIpc) is 2.95. The summed E-state index contributed by atoms with van der Waals surface area (Å²) in [6.07, 6.45) is 2.85. The van der Waals surface area contributed by atoms with Gasteiger partial charge in [0.05, 0.1) is 48.0 Å². The zero-order valence-electron chi connectivity index (χ0n) is 22.0. The molecule has 1 aliphatic heterocycles. The van der Waals surface area contributed by atoms with E-state index in [0.29, 0.717) is 63.7 Å². The summed E-state index contributed by atoms with van der Waals surface area (Å²) in [5.74, 6) is 1.37. The third-order valence-electron chi connectivity index (χ3n) is 6.61. The maximum absolute atomic E-state index is 14.0. The van der Waals surface area contributed by atoms with E-state index in [9.17, 15) is 9.59 Å². The highest BCUT2D eigenvalue weighted by Crippen LogP contribution is 2.44. The van der Waals surface area contributed by atoms with Gasteiger partial charge in [0.25, 0.3) is 5.56 Å². The number of benzene rings is 2. The van der Waals surface area contributed by atoms with Gasteiger partial charge < -0.3 is 33.4 Å². The van der Waals surface area contributed by atoms with Crippen molar-refractivity contribution in [2.75, 3.05) is 60.8 Å². The molecule has 1 aliphatic rings. The zero-order valence-corrected chi connectivity index (χ0v) is 22.0. The van der Waals surface area contributed by atoms with Crippen LogP contribution in [-0.4, -0.2) is 66.4 Å². The molecule has 0 N–H and O–H groups in total. The smallest absolute Gasteiger partial charge is 0.357 e. The fraction of sp³-hybridized carbons (Fsp3) is 0.407. The molecule has 10 nitrogen and oxygen atoms in total. The van der Waals surface area contributed by atoms with Crippen LogP contribution in [0.15, 0.2) is 29.1 Å². The van der Waals surface area contributed by atoms with E-state index in [0.717, 1.165) is 19.3 Å². The molecule has 0 bridgehead atoms. The van der Waals surface area contributed by atoms with Gasteiger partial charge in [0.2, 0.25) is 5.75 Å². The van der Waals surface area contributed by atoms with Gasteiger partial charge in [-0.2, -0.15) is 0 Å². The lowest BCUT2D eigenvalue weighted by Gasteiger charge is -2.33. The summed E-state index contributed by atoms with van der Waals surface area (Å²) in [4.78, 5) is 27.4. The Hall–Kier alpha value is -4.08. The monoisotopic (exact) mass is 512 g/mol. The molecule has 37 heavy (non-hydrogen) atoms. The number of hydrogen-bond donors (Lipinski definition) is 0. The van der Waals surface area contributed by atoms with Crippen LogP contribution in [0.25, 0.3) is 21.9 Å². The summed E-state index contributed by atoms with van der Waals surface area (Å²) in [5, 5.41) is 2.75. The molecule has 2 aromatic carbocycles. The van der Waals surface area contributed by atoms with Crippen LogP contribution in [0.1, 0.15) is 29.8 Å². The van der Waals surface area contributed by atoms with Gasteiger partial charge >= 0.3 is 5.97 Å². The fourth-order valence-corrected chi connectivity index (χ4v) is 4.86. The first kappa shape index (κ1) is 26.0. The van der Waals surface area contributed by atoms with Gasteiger partial charge in [0.15, 0.2) is 28.7 Å². The minimum Gasteiger partial charge on any atom is -0.493 e. The van der Waals surface area contributed by atoms with Crippen molar-refractivity contribution in [3.8, 4) is 39.9 Å². The minimum atomic E-state index is -0.650. The van der Waals surface area contributed by atoms with Crippen LogP contribution in [0.5, 0.6) is 28.7 Å². The number of esters is 1. The van der Waals surface area contributed by atoms with E-state index in [4.69, 9.17) is 28.4 Å². The molecule has 198 valence electrons. The zero-order chi connectivity index (χ0) is 26.7. The number of hydrogen-bond acceptors (Lipinski definition) is 9. The first-order chi connectivity index (χ1) is 17.9. The first-order valence-electron chi connectivity index (χ1n) is 11.9. The predicted molar refractivity (Wildman–Crippen MR) is 140 cm³/mol. The highest BCUT2D eigenvalue weighted by atomic mass is 16.5. The van der Waals surface area contributed by atoms with Gasteiger partial charge in [0.1, 0.15) is 0 Å². The Morgan fingerprint density at radius 3 is 1.73 bits per heavy atom.